The molecule has 0 aliphatic carbocycles. The van der Waals surface area contributed by atoms with E-state index in [-0.39, 0.29) is 37.3 Å². The fraction of sp³-hybridized carbons (Fsp3) is 0.810. The molecule has 168 valence electrons. The van der Waals surface area contributed by atoms with Crippen LogP contribution in [-0.4, -0.2) is 52.9 Å². The third-order valence-electron chi connectivity index (χ3n) is 4.79. The Morgan fingerprint density at radius 1 is 1.31 bits per heavy atom. The number of aliphatic hydroxyl groups excluding tert-OH is 1. The van der Waals surface area contributed by atoms with Gasteiger partial charge < -0.3 is 25.2 Å². The van der Waals surface area contributed by atoms with Crippen molar-refractivity contribution in [3.05, 3.63) is 16.1 Å². The molecule has 1 amide bonds. The van der Waals surface area contributed by atoms with Crippen LogP contribution in [0, 0.1) is 5.92 Å². The van der Waals surface area contributed by atoms with Crippen molar-refractivity contribution in [3.63, 3.8) is 0 Å². The first kappa shape index (κ1) is 26.0. The summed E-state index contributed by atoms with van der Waals surface area (Å²) in [5.41, 5.74) is 6.81. The Morgan fingerprint density at radius 2 is 2.03 bits per heavy atom. The van der Waals surface area contributed by atoms with E-state index in [9.17, 15) is 9.90 Å². The SMILES string of the molecule is CCCO[C@H](C[C@H](C(C)C)N(COCC)C(=O)[C@@H](N)CCC)c1nc(CO)cs1. The first-order valence-corrected chi connectivity index (χ1v) is 11.6. The van der Waals surface area contributed by atoms with Crippen molar-refractivity contribution in [2.24, 2.45) is 11.7 Å². The molecule has 7 nitrogen and oxygen atoms in total. The summed E-state index contributed by atoms with van der Waals surface area (Å²) < 4.78 is 11.7. The van der Waals surface area contributed by atoms with Crippen molar-refractivity contribution < 1.29 is 19.4 Å². The summed E-state index contributed by atoms with van der Waals surface area (Å²) in [5, 5.41) is 12.0. The molecule has 0 aliphatic heterocycles. The smallest absolute Gasteiger partial charge is 0.241 e. The van der Waals surface area contributed by atoms with Gasteiger partial charge in [0.05, 0.1) is 18.3 Å². The predicted octanol–water partition coefficient (Wildman–Crippen LogP) is 3.47. The minimum atomic E-state index is -0.530. The Balaban J connectivity index is 3.12. The minimum absolute atomic E-state index is 0.0802. The summed E-state index contributed by atoms with van der Waals surface area (Å²) in [7, 11) is 0. The number of aliphatic hydroxyl groups is 1. The third-order valence-corrected chi connectivity index (χ3v) is 5.78. The van der Waals surface area contributed by atoms with Gasteiger partial charge in [-0.1, -0.05) is 34.1 Å². The van der Waals surface area contributed by atoms with Gasteiger partial charge in [-0.25, -0.2) is 4.98 Å². The number of aromatic nitrogens is 1. The van der Waals surface area contributed by atoms with Crippen LogP contribution in [0.5, 0.6) is 0 Å². The monoisotopic (exact) mass is 429 g/mol. The minimum Gasteiger partial charge on any atom is -0.390 e. The van der Waals surface area contributed by atoms with Crippen molar-refractivity contribution in [1.29, 1.82) is 0 Å². The molecule has 0 saturated carbocycles. The van der Waals surface area contributed by atoms with Crippen LogP contribution in [0.25, 0.3) is 0 Å². The summed E-state index contributed by atoms with van der Waals surface area (Å²) >= 11 is 1.48. The predicted molar refractivity (Wildman–Crippen MR) is 116 cm³/mol. The van der Waals surface area contributed by atoms with Crippen LogP contribution in [0.1, 0.15) is 77.1 Å². The highest BCUT2D eigenvalue weighted by Crippen LogP contribution is 2.31. The molecule has 3 N–H and O–H groups in total. The Bertz CT molecular complexity index is 582. The number of hydrogen-bond acceptors (Lipinski definition) is 7. The lowest BCUT2D eigenvalue weighted by Gasteiger charge is -2.37. The molecule has 1 aromatic heterocycles. The fourth-order valence-electron chi connectivity index (χ4n) is 3.18. The molecule has 0 saturated heterocycles. The maximum absolute atomic E-state index is 13.1. The summed E-state index contributed by atoms with van der Waals surface area (Å²) in [6, 6.07) is -0.627. The molecule has 0 aromatic carbocycles. The molecule has 0 unspecified atom stereocenters. The lowest BCUT2D eigenvalue weighted by atomic mass is 9.95. The van der Waals surface area contributed by atoms with E-state index in [1.807, 2.05) is 19.2 Å². The van der Waals surface area contributed by atoms with Gasteiger partial charge in [-0.15, -0.1) is 11.3 Å². The van der Waals surface area contributed by atoms with E-state index < -0.39 is 6.04 Å². The Hall–Kier alpha value is -1.06. The largest absolute Gasteiger partial charge is 0.390 e. The first-order valence-electron chi connectivity index (χ1n) is 10.7. The van der Waals surface area contributed by atoms with Crippen LogP contribution >= 0.6 is 11.3 Å². The maximum atomic E-state index is 13.1. The van der Waals surface area contributed by atoms with Crippen LogP contribution in [0.3, 0.4) is 0 Å². The highest BCUT2D eigenvalue weighted by atomic mass is 32.1. The van der Waals surface area contributed by atoms with Gasteiger partial charge in [0.2, 0.25) is 5.91 Å². The molecule has 3 atom stereocenters. The molecule has 0 radical (unpaired) electrons. The van der Waals surface area contributed by atoms with Gasteiger partial charge in [0.25, 0.3) is 0 Å². The number of nitrogens with two attached hydrogens (primary N) is 1. The maximum Gasteiger partial charge on any atom is 0.241 e. The second-order valence-electron chi connectivity index (χ2n) is 7.57. The normalized spacial score (nSPS) is 14.8. The first-order chi connectivity index (χ1) is 13.9. The number of amides is 1. The van der Waals surface area contributed by atoms with E-state index in [0.717, 1.165) is 17.8 Å². The average Bonchev–Trinajstić information content (AvgIpc) is 3.18. The number of rotatable bonds is 15. The van der Waals surface area contributed by atoms with E-state index in [1.54, 1.807) is 4.90 Å². The molecule has 8 heteroatoms. The highest BCUT2D eigenvalue weighted by molar-refractivity contribution is 7.09. The molecule has 1 heterocycles. The van der Waals surface area contributed by atoms with Gasteiger partial charge in [0.15, 0.2) is 0 Å². The van der Waals surface area contributed by atoms with E-state index in [0.29, 0.717) is 31.7 Å². The molecular weight excluding hydrogens is 390 g/mol. The molecule has 1 aromatic rings. The Labute approximate surface area is 179 Å². The van der Waals surface area contributed by atoms with Crippen LogP contribution in [-0.2, 0) is 20.9 Å². The molecule has 1 rings (SSSR count). The zero-order chi connectivity index (χ0) is 21.8. The number of carbonyl (C=O) groups is 1. The van der Waals surface area contributed by atoms with Gasteiger partial charge >= 0.3 is 0 Å². The Kier molecular flexibility index (Phi) is 12.6. The zero-order valence-corrected chi connectivity index (χ0v) is 19.4. The third kappa shape index (κ3) is 8.30. The van der Waals surface area contributed by atoms with Crippen molar-refractivity contribution in [2.75, 3.05) is 19.9 Å². The topological polar surface area (TPSA) is 97.9 Å². The lowest BCUT2D eigenvalue weighted by molar-refractivity contribution is -0.144. The Morgan fingerprint density at radius 3 is 2.55 bits per heavy atom. The van der Waals surface area contributed by atoms with Crippen LogP contribution in [0.15, 0.2) is 5.38 Å². The number of nitrogens with zero attached hydrogens (tertiary/aromatic N) is 2. The molecule has 0 spiro atoms. The van der Waals surface area contributed by atoms with Crippen molar-refractivity contribution in [3.8, 4) is 0 Å². The van der Waals surface area contributed by atoms with Crippen LogP contribution in [0.2, 0.25) is 0 Å². The summed E-state index contributed by atoms with van der Waals surface area (Å²) in [4.78, 5) is 19.4. The van der Waals surface area contributed by atoms with Gasteiger partial charge in [-0.05, 0) is 25.7 Å². The summed E-state index contributed by atoms with van der Waals surface area (Å²) in [5.74, 6) is 0.113. The fourth-order valence-corrected chi connectivity index (χ4v) is 4.05. The van der Waals surface area contributed by atoms with E-state index in [4.69, 9.17) is 15.2 Å². The average molecular weight is 430 g/mol. The quantitative estimate of drug-likeness (QED) is 0.414. The number of hydrogen-bond donors (Lipinski definition) is 2. The van der Waals surface area contributed by atoms with Crippen LogP contribution in [0.4, 0.5) is 0 Å². The van der Waals surface area contributed by atoms with Gasteiger partial charge in [0, 0.05) is 31.1 Å². The zero-order valence-electron chi connectivity index (χ0n) is 18.6. The van der Waals surface area contributed by atoms with Gasteiger partial charge in [-0.2, -0.15) is 0 Å². The number of thiazole rings is 1. The van der Waals surface area contributed by atoms with Gasteiger partial charge in [-0.3, -0.25) is 4.79 Å². The molecule has 0 bridgehead atoms. The molecular formula is C21H39N3O4S. The van der Waals surface area contributed by atoms with Crippen LogP contribution < -0.4 is 5.73 Å². The van der Waals surface area contributed by atoms with E-state index in [1.165, 1.54) is 11.3 Å². The summed E-state index contributed by atoms with van der Waals surface area (Å²) in [6.07, 6.45) is 2.76. The van der Waals surface area contributed by atoms with E-state index in [2.05, 4.69) is 25.8 Å². The summed E-state index contributed by atoms with van der Waals surface area (Å²) in [6.45, 7) is 11.5. The molecule has 0 aliphatic rings. The second kappa shape index (κ2) is 14.0. The van der Waals surface area contributed by atoms with Crippen molar-refractivity contribution in [1.82, 2.24) is 9.88 Å². The van der Waals surface area contributed by atoms with Gasteiger partial charge in [0.1, 0.15) is 17.8 Å². The molecule has 29 heavy (non-hydrogen) atoms. The second-order valence-corrected chi connectivity index (χ2v) is 8.46. The number of ether oxygens (including phenoxy) is 2. The highest BCUT2D eigenvalue weighted by Gasteiger charge is 2.33. The van der Waals surface area contributed by atoms with Crippen molar-refractivity contribution in [2.45, 2.75) is 85.1 Å². The van der Waals surface area contributed by atoms with Crippen molar-refractivity contribution >= 4 is 17.2 Å². The van der Waals surface area contributed by atoms with E-state index >= 15 is 0 Å². The lowest BCUT2D eigenvalue weighted by Crippen LogP contribution is -2.51. The molecule has 0 fully saturated rings. The standard InChI is InChI=1S/C21H39N3O4S/c1-6-9-17(22)21(26)24(14-27-8-3)18(15(4)5)11-19(28-10-7-2)20-23-16(12-25)13-29-20/h13,15,17-19,25H,6-12,14,22H2,1-5H3/t17-,18+,19+/m0/s1. The number of carbonyl (C=O) groups excluding carboxylic acids is 1.